The molecular weight excluding hydrogens is 1120 g/mol. The fourth-order valence-corrected chi connectivity index (χ4v) is 9.65. The summed E-state index contributed by atoms with van der Waals surface area (Å²) in [6.45, 7) is -1.52. The molecule has 35 heteroatoms. The molecule has 0 aromatic carbocycles. The lowest BCUT2D eigenvalue weighted by Gasteiger charge is -2.51. The number of ether oxygens (including phenoxy) is 15. The van der Waals surface area contributed by atoms with E-state index in [-0.39, 0.29) is 39.0 Å². The van der Waals surface area contributed by atoms with Crippen molar-refractivity contribution < 1.29 is 156 Å². The lowest BCUT2D eigenvalue weighted by Crippen LogP contribution is -2.68. The van der Waals surface area contributed by atoms with E-state index in [0.717, 1.165) is 0 Å². The Balaban J connectivity index is 1.66. The van der Waals surface area contributed by atoms with Crippen molar-refractivity contribution in [2.75, 3.05) is 119 Å². The van der Waals surface area contributed by atoms with Crippen molar-refractivity contribution in [3.8, 4) is 0 Å². The minimum atomic E-state index is -5.08. The molecule has 0 radical (unpaired) electrons. The molecule has 79 heavy (non-hydrogen) atoms. The lowest BCUT2D eigenvalue weighted by atomic mass is 9.81. The van der Waals surface area contributed by atoms with Crippen LogP contribution in [0, 0.1) is 11.8 Å². The Morgan fingerprint density at radius 1 is 0.405 bits per heavy atom. The molecule has 4 rings (SSSR count). The van der Waals surface area contributed by atoms with Gasteiger partial charge in [0, 0.05) is 5.92 Å². The summed E-state index contributed by atoms with van der Waals surface area (Å²) >= 11 is 0. The Kier molecular flexibility index (Phi) is 31.3. The van der Waals surface area contributed by atoms with Gasteiger partial charge in [0.25, 0.3) is 0 Å². The van der Waals surface area contributed by atoms with Gasteiger partial charge in [0.1, 0.15) is 79.4 Å². The Morgan fingerprint density at radius 2 is 0.747 bits per heavy atom. The Labute approximate surface area is 457 Å². The van der Waals surface area contributed by atoms with Crippen LogP contribution in [0.5, 0.6) is 0 Å². The van der Waals surface area contributed by atoms with Crippen LogP contribution in [-0.4, -0.2) is 319 Å². The van der Waals surface area contributed by atoms with Gasteiger partial charge in [-0.05, 0) is 19.8 Å². The highest BCUT2D eigenvalue weighted by Gasteiger charge is 2.57. The first-order valence-electron chi connectivity index (χ1n) is 25.5. The third kappa shape index (κ3) is 22.3. The third-order valence-corrected chi connectivity index (χ3v) is 13.3. The molecule has 20 unspecified atom stereocenters. The minimum Gasteiger partial charge on any atom is -0.726 e. The Morgan fingerprint density at radius 3 is 1.15 bits per heavy atom. The monoisotopic (exact) mass is 1200 g/mol. The molecule has 0 bridgehead atoms. The van der Waals surface area contributed by atoms with Crippen LogP contribution >= 0.6 is 0 Å². The van der Waals surface area contributed by atoms with Gasteiger partial charge in [-0.1, -0.05) is 13.8 Å². The van der Waals surface area contributed by atoms with Crippen LogP contribution < -0.4 is 0 Å². The van der Waals surface area contributed by atoms with Crippen molar-refractivity contribution in [1.82, 2.24) is 0 Å². The van der Waals surface area contributed by atoms with Gasteiger partial charge >= 0.3 is 0 Å². The number of aliphatic hydroxyl groups is 10. The summed E-state index contributed by atoms with van der Waals surface area (Å²) in [4.78, 5) is 0. The second kappa shape index (κ2) is 35.3. The van der Waals surface area contributed by atoms with Crippen LogP contribution in [-0.2, 0) is 100 Å². The highest BCUT2D eigenvalue weighted by molar-refractivity contribution is 7.81. The normalized spacial score (nSPS) is 35.9. The third-order valence-electron chi connectivity index (χ3n) is 12.4. The number of rotatable bonds is 38. The predicted octanol–water partition coefficient (Wildman–Crippen LogP) is -7.32. The molecule has 10 N–H and O–H groups in total. The first-order chi connectivity index (χ1) is 37.5. The highest BCUT2D eigenvalue weighted by Crippen LogP contribution is 2.39. The largest absolute Gasteiger partial charge is 0.726 e. The molecule has 4 aliphatic rings. The smallest absolute Gasteiger partial charge is 0.217 e. The van der Waals surface area contributed by atoms with Crippen LogP contribution in [0.3, 0.4) is 0 Å². The van der Waals surface area contributed by atoms with Crippen LogP contribution in [0.2, 0.25) is 0 Å². The van der Waals surface area contributed by atoms with E-state index in [1.807, 2.05) is 0 Å². The van der Waals surface area contributed by atoms with Crippen LogP contribution in [0.4, 0.5) is 0 Å². The summed E-state index contributed by atoms with van der Waals surface area (Å²) < 4.78 is 164. The van der Waals surface area contributed by atoms with Crippen molar-refractivity contribution >= 4 is 20.8 Å². The van der Waals surface area contributed by atoms with Gasteiger partial charge in [0.2, 0.25) is 20.8 Å². The van der Waals surface area contributed by atoms with E-state index < -0.39 is 235 Å². The lowest BCUT2D eigenvalue weighted by molar-refractivity contribution is -0.393. The summed E-state index contributed by atoms with van der Waals surface area (Å²) in [6, 6.07) is 0. The summed E-state index contributed by atoms with van der Waals surface area (Å²) in [5.41, 5.74) is 0. The maximum Gasteiger partial charge on any atom is 0.217 e. The van der Waals surface area contributed by atoms with E-state index in [4.69, 9.17) is 71.1 Å². The standard InChI is InChI=1S/C44H82O33S2/c1-23(2)29-25(19-63-15-17-68-78(55,56)57)71-43(38(30(29)50)65-12-7-47)77-37-27(21-62-11-6-46)74-44(40(34(37)54)67-14-9-49)76-35-26(20-61-10-5-45)72-41(32(52)31(35)51)75-36-28(22-64-16-18-69-79(58,59)60)73-42(70-24(3)4)39(33(36)53)66-13-8-48/h23-54H,5-22H2,1-4H3,(H,55,56,57)(H,58,59,60)/p-2. The first-order valence-corrected chi connectivity index (χ1v) is 28.2. The van der Waals surface area contributed by atoms with Crippen molar-refractivity contribution in [1.29, 1.82) is 0 Å². The molecule has 0 spiro atoms. The summed E-state index contributed by atoms with van der Waals surface area (Å²) in [5.74, 6) is -1.10. The molecule has 0 aromatic heterocycles. The second-order valence-electron chi connectivity index (χ2n) is 18.8. The first kappa shape index (κ1) is 70.2. The SMILES string of the molecule is CC(C)OC1OC(COCCOS(=O)(=O)[O-])C(OC2OC(COCCO)C(OC3OC(COCCO)C(OC4OC(COCCOS(=O)(=O)[O-])C(C(C)C)C(O)C4OCCO)C(O)C3OCCO)C(O)C2O)C(O)C1OCCO. The summed E-state index contributed by atoms with van der Waals surface area (Å²) in [6.07, 6.45) is -31.1. The minimum absolute atomic E-state index is 0.271. The number of aliphatic hydroxyl groups excluding tert-OH is 10. The van der Waals surface area contributed by atoms with Crippen LogP contribution in [0.15, 0.2) is 0 Å². The van der Waals surface area contributed by atoms with Gasteiger partial charge < -0.3 is 131 Å². The molecule has 4 saturated heterocycles. The van der Waals surface area contributed by atoms with E-state index in [9.17, 15) is 77.0 Å². The molecule has 20 atom stereocenters. The molecule has 4 aliphatic heterocycles. The topological polar surface area (TPSA) is 474 Å². The Bertz CT molecular complexity index is 1870. The van der Waals surface area contributed by atoms with E-state index in [2.05, 4.69) is 8.37 Å². The Hall–Kier alpha value is -1.26. The van der Waals surface area contributed by atoms with Crippen molar-refractivity contribution in [2.24, 2.45) is 11.8 Å². The number of hydrogen-bond acceptors (Lipinski definition) is 33. The molecule has 0 aromatic rings. The fraction of sp³-hybridized carbons (Fsp3) is 1.00. The molecule has 4 heterocycles. The molecule has 468 valence electrons. The maximum atomic E-state index is 12.3. The van der Waals surface area contributed by atoms with Gasteiger partial charge in [-0.2, -0.15) is 0 Å². The highest BCUT2D eigenvalue weighted by atomic mass is 32.3. The molecule has 0 saturated carbocycles. The van der Waals surface area contributed by atoms with Crippen molar-refractivity contribution in [3.63, 3.8) is 0 Å². The summed E-state index contributed by atoms with van der Waals surface area (Å²) in [5, 5.41) is 108. The van der Waals surface area contributed by atoms with E-state index >= 15 is 0 Å². The van der Waals surface area contributed by atoms with Gasteiger partial charge in [-0.15, -0.1) is 0 Å². The molecule has 0 aliphatic carbocycles. The molecule has 4 fully saturated rings. The quantitative estimate of drug-likeness (QED) is 0.0156. The van der Waals surface area contributed by atoms with E-state index in [0.29, 0.717) is 0 Å². The van der Waals surface area contributed by atoms with Gasteiger partial charge in [0.05, 0.1) is 137 Å². The maximum absolute atomic E-state index is 12.3. The fourth-order valence-electron chi connectivity index (χ4n) is 9.11. The van der Waals surface area contributed by atoms with E-state index in [1.54, 1.807) is 27.7 Å². The van der Waals surface area contributed by atoms with Crippen LogP contribution in [0.25, 0.3) is 0 Å². The average molecular weight is 1200 g/mol. The van der Waals surface area contributed by atoms with E-state index in [1.165, 1.54) is 0 Å². The van der Waals surface area contributed by atoms with Gasteiger partial charge in [0.15, 0.2) is 25.2 Å². The second-order valence-corrected chi connectivity index (χ2v) is 20.9. The molecule has 33 nitrogen and oxygen atoms in total. The predicted molar refractivity (Wildman–Crippen MR) is 253 cm³/mol. The number of hydrogen-bond donors (Lipinski definition) is 10. The zero-order valence-electron chi connectivity index (χ0n) is 44.1. The molecular formula is C44H80O33S2-2. The van der Waals surface area contributed by atoms with Crippen molar-refractivity contribution in [3.05, 3.63) is 0 Å². The molecule has 0 amide bonds. The summed E-state index contributed by atoms with van der Waals surface area (Å²) in [7, 11) is -10.1. The van der Waals surface area contributed by atoms with Crippen LogP contribution in [0.1, 0.15) is 27.7 Å². The van der Waals surface area contributed by atoms with Gasteiger partial charge in [-0.25, -0.2) is 16.8 Å². The zero-order valence-corrected chi connectivity index (χ0v) is 45.7. The van der Waals surface area contributed by atoms with Gasteiger partial charge in [-0.3, -0.25) is 8.37 Å². The zero-order chi connectivity index (χ0) is 58.5. The van der Waals surface area contributed by atoms with Crippen molar-refractivity contribution in [2.45, 2.75) is 151 Å². The average Bonchev–Trinajstić information content (AvgIpc) is 3.46.